The second-order valence-corrected chi connectivity index (χ2v) is 14.4. The number of fused-ring (bicyclic) bond motifs is 12. The zero-order valence-corrected chi connectivity index (χ0v) is 29.6. The second-order valence-electron chi connectivity index (χ2n) is 14.4. The van der Waals surface area contributed by atoms with Gasteiger partial charge in [0.2, 0.25) is 0 Å². The van der Waals surface area contributed by atoms with E-state index in [-0.39, 0.29) is 0 Å². The van der Waals surface area contributed by atoms with Gasteiger partial charge < -0.3 is 0 Å². The van der Waals surface area contributed by atoms with E-state index in [1.807, 2.05) is 0 Å². The monoisotopic (exact) mass is 682 g/mol. The van der Waals surface area contributed by atoms with Gasteiger partial charge in [0.15, 0.2) is 0 Å². The van der Waals surface area contributed by atoms with E-state index in [0.717, 1.165) is 0 Å². The van der Waals surface area contributed by atoms with Crippen molar-refractivity contribution in [2.45, 2.75) is 0 Å². The fourth-order valence-corrected chi connectivity index (χ4v) is 8.81. The standard InChI is InChI=1S/C54H34/c1-3-22-47-43(18-1)45-20-5-7-24-49(45)53-33-41(26-28-51(47)53)39-16-10-14-37(31-39)35-12-9-13-36(30-35)38-15-11-17-40(32-38)42-27-29-52-48-23-4-2-19-44(48)46-21-6-8-25-50(46)54(52)34-42/h1-34H. The van der Waals surface area contributed by atoms with Gasteiger partial charge in [0.1, 0.15) is 0 Å². The maximum absolute atomic E-state index is 2.38. The maximum atomic E-state index is 2.38. The van der Waals surface area contributed by atoms with E-state index in [9.17, 15) is 0 Å². The lowest BCUT2D eigenvalue weighted by molar-refractivity contribution is 1.57. The molecular weight excluding hydrogens is 649 g/mol. The zero-order valence-electron chi connectivity index (χ0n) is 29.6. The van der Waals surface area contributed by atoms with Crippen molar-refractivity contribution in [1.82, 2.24) is 0 Å². The molecule has 11 aromatic carbocycles. The van der Waals surface area contributed by atoms with Crippen LogP contribution in [0.4, 0.5) is 0 Å². The summed E-state index contributed by atoms with van der Waals surface area (Å²) in [5.41, 5.74) is 9.73. The van der Waals surface area contributed by atoms with Gasteiger partial charge in [-0.1, -0.05) is 176 Å². The molecule has 11 aromatic rings. The normalized spacial score (nSPS) is 11.7. The lowest BCUT2D eigenvalue weighted by Gasteiger charge is -2.13. The molecule has 0 bridgehead atoms. The molecule has 54 heavy (non-hydrogen) atoms. The van der Waals surface area contributed by atoms with Crippen molar-refractivity contribution in [2.75, 3.05) is 0 Å². The van der Waals surface area contributed by atoms with Crippen molar-refractivity contribution in [3.05, 3.63) is 206 Å². The van der Waals surface area contributed by atoms with E-state index in [1.165, 1.54) is 109 Å². The van der Waals surface area contributed by atoms with Crippen LogP contribution >= 0.6 is 0 Å². The van der Waals surface area contributed by atoms with Gasteiger partial charge in [0.05, 0.1) is 0 Å². The fraction of sp³-hybridized carbons (Fsp3) is 0. The highest BCUT2D eigenvalue weighted by Crippen LogP contribution is 2.40. The molecule has 0 heterocycles. The van der Waals surface area contributed by atoms with E-state index in [4.69, 9.17) is 0 Å². The van der Waals surface area contributed by atoms with Crippen LogP contribution in [0.15, 0.2) is 206 Å². The number of hydrogen-bond donors (Lipinski definition) is 0. The average Bonchev–Trinajstić information content (AvgIpc) is 3.26. The highest BCUT2D eigenvalue weighted by atomic mass is 14.2. The first-order chi connectivity index (χ1) is 26.8. The highest BCUT2D eigenvalue weighted by Gasteiger charge is 2.12. The van der Waals surface area contributed by atoms with Crippen LogP contribution in [0.3, 0.4) is 0 Å². The van der Waals surface area contributed by atoms with Crippen LogP contribution in [-0.2, 0) is 0 Å². The Hall–Kier alpha value is -7.02. The van der Waals surface area contributed by atoms with Crippen molar-refractivity contribution in [3.63, 3.8) is 0 Å². The topological polar surface area (TPSA) is 0 Å². The number of rotatable bonds is 4. The molecule has 0 aliphatic rings. The minimum absolute atomic E-state index is 1.21. The molecule has 0 aromatic heterocycles. The van der Waals surface area contributed by atoms with Crippen LogP contribution in [0.2, 0.25) is 0 Å². The van der Waals surface area contributed by atoms with Crippen molar-refractivity contribution < 1.29 is 0 Å². The molecule has 0 amide bonds. The summed E-state index contributed by atoms with van der Waals surface area (Å²) in [5, 5.41) is 15.6. The van der Waals surface area contributed by atoms with Crippen LogP contribution in [-0.4, -0.2) is 0 Å². The predicted molar refractivity (Wildman–Crippen MR) is 233 cm³/mol. The molecular formula is C54H34. The lowest BCUT2D eigenvalue weighted by atomic mass is 9.91. The highest BCUT2D eigenvalue weighted by molar-refractivity contribution is 6.27. The molecule has 0 aliphatic carbocycles. The van der Waals surface area contributed by atoms with Gasteiger partial charge in [-0.2, -0.15) is 0 Å². The third-order valence-corrected chi connectivity index (χ3v) is 11.4. The van der Waals surface area contributed by atoms with Gasteiger partial charge >= 0.3 is 0 Å². The van der Waals surface area contributed by atoms with Crippen LogP contribution in [0, 0.1) is 0 Å². The Kier molecular flexibility index (Phi) is 6.97. The third kappa shape index (κ3) is 4.92. The van der Waals surface area contributed by atoms with Crippen LogP contribution in [0.25, 0.3) is 109 Å². The molecule has 0 fully saturated rings. The van der Waals surface area contributed by atoms with Crippen LogP contribution in [0.1, 0.15) is 0 Å². The summed E-state index contributed by atoms with van der Waals surface area (Å²) < 4.78 is 0. The summed E-state index contributed by atoms with van der Waals surface area (Å²) in [6, 6.07) is 76.0. The molecule has 250 valence electrons. The van der Waals surface area contributed by atoms with Crippen molar-refractivity contribution in [1.29, 1.82) is 0 Å². The molecule has 11 rings (SSSR count). The molecule has 0 saturated carbocycles. The molecule has 0 atom stereocenters. The summed E-state index contributed by atoms with van der Waals surface area (Å²) in [6.45, 7) is 0. The molecule has 0 spiro atoms. The Morgan fingerprint density at radius 3 is 0.593 bits per heavy atom. The summed E-state index contributed by atoms with van der Waals surface area (Å²) >= 11 is 0. The van der Waals surface area contributed by atoms with Gasteiger partial charge in [-0.15, -0.1) is 0 Å². The predicted octanol–water partition coefficient (Wildman–Crippen LogP) is 15.3. The first-order valence-electron chi connectivity index (χ1n) is 18.7. The van der Waals surface area contributed by atoms with E-state index < -0.39 is 0 Å². The van der Waals surface area contributed by atoms with E-state index >= 15 is 0 Å². The Labute approximate surface area is 314 Å². The van der Waals surface area contributed by atoms with Gasteiger partial charge in [-0.3, -0.25) is 0 Å². The number of hydrogen-bond acceptors (Lipinski definition) is 0. The van der Waals surface area contributed by atoms with E-state index in [1.54, 1.807) is 0 Å². The third-order valence-electron chi connectivity index (χ3n) is 11.4. The summed E-state index contributed by atoms with van der Waals surface area (Å²) in [5.74, 6) is 0. The maximum Gasteiger partial charge on any atom is -0.00928 e. The molecule has 0 saturated heterocycles. The van der Waals surface area contributed by atoms with Gasteiger partial charge in [-0.25, -0.2) is 0 Å². The summed E-state index contributed by atoms with van der Waals surface area (Å²) in [4.78, 5) is 0. The van der Waals surface area contributed by atoms with E-state index in [2.05, 4.69) is 206 Å². The van der Waals surface area contributed by atoms with Gasteiger partial charge in [0.25, 0.3) is 0 Å². The SMILES string of the molecule is c1cc(-c2cccc(-c3ccc4c5ccccc5c5ccccc5c4c3)c2)cc(-c2cccc(-c3ccc4c5ccccc5c5ccccc5c4c3)c2)c1. The average molecular weight is 683 g/mol. The second kappa shape index (κ2) is 12.3. The summed E-state index contributed by atoms with van der Waals surface area (Å²) in [7, 11) is 0. The lowest BCUT2D eigenvalue weighted by Crippen LogP contribution is -1.87. The Balaban J connectivity index is 0.969. The van der Waals surface area contributed by atoms with Crippen molar-refractivity contribution >= 4 is 64.6 Å². The molecule has 0 N–H and O–H groups in total. The Morgan fingerprint density at radius 1 is 0.130 bits per heavy atom. The fourth-order valence-electron chi connectivity index (χ4n) is 8.81. The Bertz CT molecular complexity index is 2990. The first kappa shape index (κ1) is 30.6. The Morgan fingerprint density at radius 2 is 0.333 bits per heavy atom. The van der Waals surface area contributed by atoms with Crippen LogP contribution in [0.5, 0.6) is 0 Å². The molecule has 0 aliphatic heterocycles. The van der Waals surface area contributed by atoms with Crippen molar-refractivity contribution in [3.8, 4) is 44.5 Å². The van der Waals surface area contributed by atoms with Gasteiger partial charge in [-0.05, 0) is 139 Å². The molecule has 0 heteroatoms. The quantitative estimate of drug-likeness (QED) is 0.162. The number of benzene rings is 11. The van der Waals surface area contributed by atoms with E-state index in [0.29, 0.717) is 0 Å². The minimum atomic E-state index is 1.21. The molecule has 0 unspecified atom stereocenters. The zero-order chi connectivity index (χ0) is 35.6. The largest absolute Gasteiger partial charge is 0.0616 e. The van der Waals surface area contributed by atoms with Gasteiger partial charge in [0, 0.05) is 0 Å². The van der Waals surface area contributed by atoms with Crippen LogP contribution < -0.4 is 0 Å². The first-order valence-corrected chi connectivity index (χ1v) is 18.7. The minimum Gasteiger partial charge on any atom is -0.0616 e. The smallest absolute Gasteiger partial charge is 0.00928 e. The van der Waals surface area contributed by atoms with Crippen molar-refractivity contribution in [2.24, 2.45) is 0 Å². The molecule has 0 radical (unpaired) electrons. The summed E-state index contributed by atoms with van der Waals surface area (Å²) in [6.07, 6.45) is 0. The molecule has 0 nitrogen and oxygen atoms in total.